The van der Waals surface area contributed by atoms with E-state index in [0.717, 1.165) is 6.07 Å². The number of aliphatic carboxylic acids is 1. The SMILES string of the molecule is N#Cc1cc(C(O)C(=O)O)c(F)cc1C=O. The number of carboxylic acids is 1. The van der Waals surface area contributed by atoms with Crippen molar-refractivity contribution in [2.45, 2.75) is 6.10 Å². The Labute approximate surface area is 89.4 Å². The van der Waals surface area contributed by atoms with E-state index in [1.165, 1.54) is 0 Å². The molecule has 0 spiro atoms. The van der Waals surface area contributed by atoms with Crippen LogP contribution in [0.25, 0.3) is 0 Å². The van der Waals surface area contributed by atoms with E-state index < -0.39 is 23.5 Å². The number of aliphatic hydroxyl groups is 1. The van der Waals surface area contributed by atoms with E-state index in [1.807, 2.05) is 0 Å². The maximum atomic E-state index is 13.3. The van der Waals surface area contributed by atoms with Gasteiger partial charge in [0.15, 0.2) is 12.4 Å². The first kappa shape index (κ1) is 11.8. The molecule has 16 heavy (non-hydrogen) atoms. The number of nitriles is 1. The van der Waals surface area contributed by atoms with Gasteiger partial charge in [-0.25, -0.2) is 9.18 Å². The molecule has 2 N–H and O–H groups in total. The number of nitrogens with zero attached hydrogens (tertiary/aromatic N) is 1. The van der Waals surface area contributed by atoms with E-state index in [1.54, 1.807) is 6.07 Å². The van der Waals surface area contributed by atoms with E-state index >= 15 is 0 Å². The largest absolute Gasteiger partial charge is 0.479 e. The Morgan fingerprint density at radius 2 is 2.19 bits per heavy atom. The van der Waals surface area contributed by atoms with Gasteiger partial charge in [-0.2, -0.15) is 5.26 Å². The van der Waals surface area contributed by atoms with Crippen molar-refractivity contribution >= 4 is 12.3 Å². The Bertz CT molecular complexity index is 492. The second-order valence-corrected chi connectivity index (χ2v) is 2.93. The molecule has 1 unspecified atom stereocenters. The standard InChI is InChI=1S/C10H6FNO4/c11-8-2-6(4-13)5(3-12)1-7(8)9(14)10(15)16/h1-2,4,9,14H,(H,15,16). The van der Waals surface area contributed by atoms with E-state index in [-0.39, 0.29) is 17.4 Å². The van der Waals surface area contributed by atoms with Gasteiger partial charge in [-0.05, 0) is 12.1 Å². The monoisotopic (exact) mass is 223 g/mol. The van der Waals surface area contributed by atoms with Gasteiger partial charge in [0.25, 0.3) is 0 Å². The van der Waals surface area contributed by atoms with Crippen LogP contribution in [0.2, 0.25) is 0 Å². The number of benzene rings is 1. The predicted molar refractivity (Wildman–Crippen MR) is 49.1 cm³/mol. The van der Waals surface area contributed by atoms with Gasteiger partial charge < -0.3 is 10.2 Å². The van der Waals surface area contributed by atoms with E-state index in [0.29, 0.717) is 6.07 Å². The second kappa shape index (κ2) is 4.51. The molecular weight excluding hydrogens is 217 g/mol. The molecular formula is C10H6FNO4. The summed E-state index contributed by atoms with van der Waals surface area (Å²) in [6.45, 7) is 0. The fraction of sp³-hybridized carbons (Fsp3) is 0.100. The zero-order chi connectivity index (χ0) is 12.3. The van der Waals surface area contributed by atoms with Crippen molar-refractivity contribution in [2.24, 2.45) is 0 Å². The molecule has 1 aromatic rings. The zero-order valence-electron chi connectivity index (χ0n) is 7.85. The summed E-state index contributed by atoms with van der Waals surface area (Å²) in [4.78, 5) is 20.9. The average Bonchev–Trinajstić information content (AvgIpc) is 2.27. The third kappa shape index (κ3) is 2.04. The molecule has 0 aliphatic heterocycles. The minimum Gasteiger partial charge on any atom is -0.479 e. The van der Waals surface area contributed by atoms with Gasteiger partial charge in [0, 0.05) is 11.1 Å². The number of aliphatic hydroxyl groups excluding tert-OH is 1. The third-order valence-corrected chi connectivity index (χ3v) is 1.94. The van der Waals surface area contributed by atoms with Crippen molar-refractivity contribution in [2.75, 3.05) is 0 Å². The number of hydrogen-bond acceptors (Lipinski definition) is 4. The number of aldehydes is 1. The minimum absolute atomic E-state index is 0.188. The predicted octanol–water partition coefficient (Wildman–Crippen LogP) is 0.628. The molecule has 0 saturated carbocycles. The molecule has 0 radical (unpaired) electrons. The molecule has 0 aliphatic carbocycles. The Morgan fingerprint density at radius 1 is 1.56 bits per heavy atom. The first-order chi connectivity index (χ1) is 7.51. The lowest BCUT2D eigenvalue weighted by atomic mass is 10.0. The number of carbonyl (C=O) groups is 2. The number of carbonyl (C=O) groups excluding carboxylic acids is 1. The van der Waals surface area contributed by atoms with E-state index in [2.05, 4.69) is 0 Å². The molecule has 0 heterocycles. The Hall–Kier alpha value is -2.26. The molecule has 0 aliphatic rings. The van der Waals surface area contributed by atoms with Crippen molar-refractivity contribution < 1.29 is 24.2 Å². The van der Waals surface area contributed by atoms with Crippen molar-refractivity contribution in [3.63, 3.8) is 0 Å². The van der Waals surface area contributed by atoms with Gasteiger partial charge in [-0.1, -0.05) is 0 Å². The van der Waals surface area contributed by atoms with Crippen LogP contribution in [-0.2, 0) is 4.79 Å². The van der Waals surface area contributed by atoms with Crippen LogP contribution in [0, 0.1) is 17.1 Å². The van der Waals surface area contributed by atoms with Crippen LogP contribution >= 0.6 is 0 Å². The highest BCUT2D eigenvalue weighted by Gasteiger charge is 2.21. The lowest BCUT2D eigenvalue weighted by Crippen LogP contribution is -2.13. The van der Waals surface area contributed by atoms with Gasteiger partial charge in [0.2, 0.25) is 0 Å². The van der Waals surface area contributed by atoms with Crippen LogP contribution in [-0.4, -0.2) is 22.5 Å². The van der Waals surface area contributed by atoms with Crippen LogP contribution in [0.15, 0.2) is 12.1 Å². The summed E-state index contributed by atoms with van der Waals surface area (Å²) in [6, 6.07) is 3.17. The smallest absolute Gasteiger partial charge is 0.337 e. The van der Waals surface area contributed by atoms with Crippen LogP contribution in [0.3, 0.4) is 0 Å². The van der Waals surface area contributed by atoms with E-state index in [9.17, 15) is 14.0 Å². The van der Waals surface area contributed by atoms with Crippen molar-refractivity contribution in [3.05, 3.63) is 34.6 Å². The normalized spacial score (nSPS) is 11.6. The average molecular weight is 223 g/mol. The van der Waals surface area contributed by atoms with Crippen molar-refractivity contribution in [1.82, 2.24) is 0 Å². The zero-order valence-corrected chi connectivity index (χ0v) is 7.85. The van der Waals surface area contributed by atoms with E-state index in [4.69, 9.17) is 15.5 Å². The molecule has 0 saturated heterocycles. The highest BCUT2D eigenvalue weighted by atomic mass is 19.1. The minimum atomic E-state index is -2.06. The van der Waals surface area contributed by atoms with Gasteiger partial charge in [-0.3, -0.25) is 4.79 Å². The molecule has 0 bridgehead atoms. The number of halogens is 1. The highest BCUT2D eigenvalue weighted by Crippen LogP contribution is 2.21. The fourth-order valence-electron chi connectivity index (χ4n) is 1.14. The molecule has 1 atom stereocenters. The summed E-state index contributed by atoms with van der Waals surface area (Å²) in [5.74, 6) is -2.68. The summed E-state index contributed by atoms with van der Waals surface area (Å²) in [6.07, 6.45) is -1.79. The highest BCUT2D eigenvalue weighted by molar-refractivity contribution is 5.80. The van der Waals surface area contributed by atoms with Crippen LogP contribution in [0.1, 0.15) is 27.6 Å². The molecule has 1 rings (SSSR count). The molecule has 6 heteroatoms. The number of hydrogen-bond donors (Lipinski definition) is 2. The van der Waals surface area contributed by atoms with Crippen molar-refractivity contribution in [3.8, 4) is 6.07 Å². The number of carboxylic acid groups (broad SMARTS) is 1. The molecule has 5 nitrogen and oxygen atoms in total. The summed E-state index contributed by atoms with van der Waals surface area (Å²) in [7, 11) is 0. The van der Waals surface area contributed by atoms with Gasteiger partial charge >= 0.3 is 5.97 Å². The second-order valence-electron chi connectivity index (χ2n) is 2.93. The van der Waals surface area contributed by atoms with Crippen molar-refractivity contribution in [1.29, 1.82) is 5.26 Å². The molecule has 0 amide bonds. The van der Waals surface area contributed by atoms with Gasteiger partial charge in [-0.15, -0.1) is 0 Å². The summed E-state index contributed by atoms with van der Waals surface area (Å²) in [5, 5.41) is 26.2. The first-order valence-electron chi connectivity index (χ1n) is 4.10. The first-order valence-corrected chi connectivity index (χ1v) is 4.10. The summed E-state index contributed by atoms with van der Waals surface area (Å²) < 4.78 is 13.3. The molecule has 1 aromatic carbocycles. The van der Waals surface area contributed by atoms with Crippen LogP contribution < -0.4 is 0 Å². The maximum Gasteiger partial charge on any atom is 0.337 e. The lowest BCUT2D eigenvalue weighted by molar-refractivity contribution is -0.147. The van der Waals surface area contributed by atoms with Gasteiger partial charge in [0.05, 0.1) is 11.6 Å². The summed E-state index contributed by atoms with van der Waals surface area (Å²) >= 11 is 0. The quantitative estimate of drug-likeness (QED) is 0.732. The lowest BCUT2D eigenvalue weighted by Gasteiger charge is -2.08. The number of rotatable bonds is 3. The summed E-state index contributed by atoms with van der Waals surface area (Å²) in [5.41, 5.74) is -0.928. The molecule has 0 fully saturated rings. The Balaban J connectivity index is 3.38. The Kier molecular flexibility index (Phi) is 3.33. The molecule has 0 aromatic heterocycles. The van der Waals surface area contributed by atoms with Crippen LogP contribution in [0.4, 0.5) is 4.39 Å². The molecule has 82 valence electrons. The topological polar surface area (TPSA) is 98.4 Å². The fourth-order valence-corrected chi connectivity index (χ4v) is 1.14. The van der Waals surface area contributed by atoms with Crippen LogP contribution in [0.5, 0.6) is 0 Å². The Morgan fingerprint density at radius 3 is 2.62 bits per heavy atom. The third-order valence-electron chi connectivity index (χ3n) is 1.94. The maximum absolute atomic E-state index is 13.3. The van der Waals surface area contributed by atoms with Gasteiger partial charge in [0.1, 0.15) is 5.82 Å².